The van der Waals surface area contributed by atoms with Crippen molar-refractivity contribution in [3.05, 3.63) is 42.0 Å². The smallest absolute Gasteiger partial charge is 0.326 e. The Hall–Kier alpha value is -2.50. The molecule has 0 radical (unpaired) electrons. The number of hydrogen-bond donors (Lipinski definition) is 3. The first-order chi connectivity index (χ1) is 9.79. The maximum absolute atomic E-state index is 11.9. The summed E-state index contributed by atoms with van der Waals surface area (Å²) < 4.78 is 0. The Morgan fingerprint density at radius 1 is 1.33 bits per heavy atom. The SMILES string of the molecule is C=C(C)CN(C)C(=O)NC(Cc1ccc(O)cc1)C(=O)O. The van der Waals surface area contributed by atoms with Gasteiger partial charge < -0.3 is 20.4 Å². The van der Waals surface area contributed by atoms with Crippen LogP contribution in [0.1, 0.15) is 12.5 Å². The largest absolute Gasteiger partial charge is 0.508 e. The molecule has 3 N–H and O–H groups in total. The molecule has 0 fully saturated rings. The number of carbonyl (C=O) groups is 2. The molecule has 0 bridgehead atoms. The number of aromatic hydroxyl groups is 1. The first kappa shape index (κ1) is 16.6. The summed E-state index contributed by atoms with van der Waals surface area (Å²) in [5.41, 5.74) is 1.51. The van der Waals surface area contributed by atoms with Crippen molar-refractivity contribution in [2.45, 2.75) is 19.4 Å². The van der Waals surface area contributed by atoms with Gasteiger partial charge in [-0.3, -0.25) is 0 Å². The Morgan fingerprint density at radius 3 is 2.38 bits per heavy atom. The molecule has 1 atom stereocenters. The van der Waals surface area contributed by atoms with E-state index in [0.29, 0.717) is 12.1 Å². The number of likely N-dealkylation sites (N-methyl/N-ethyl adjacent to an activating group) is 1. The molecule has 0 aliphatic carbocycles. The Balaban J connectivity index is 2.69. The number of amides is 2. The molecule has 0 aliphatic rings. The average Bonchev–Trinajstić information content (AvgIpc) is 2.39. The zero-order valence-corrected chi connectivity index (χ0v) is 12.2. The molecule has 2 amide bonds. The van der Waals surface area contributed by atoms with Gasteiger partial charge in [0, 0.05) is 20.0 Å². The van der Waals surface area contributed by atoms with E-state index in [9.17, 15) is 19.8 Å². The topological polar surface area (TPSA) is 89.9 Å². The lowest BCUT2D eigenvalue weighted by molar-refractivity contribution is -0.139. The number of phenols is 1. The Morgan fingerprint density at radius 2 is 1.90 bits per heavy atom. The lowest BCUT2D eigenvalue weighted by Gasteiger charge is -2.21. The van der Waals surface area contributed by atoms with E-state index < -0.39 is 18.0 Å². The quantitative estimate of drug-likeness (QED) is 0.695. The van der Waals surface area contributed by atoms with E-state index in [1.54, 1.807) is 26.1 Å². The summed E-state index contributed by atoms with van der Waals surface area (Å²) >= 11 is 0. The van der Waals surface area contributed by atoms with E-state index in [0.717, 1.165) is 5.57 Å². The molecule has 114 valence electrons. The summed E-state index contributed by atoms with van der Waals surface area (Å²) in [5, 5.41) is 20.9. The van der Waals surface area contributed by atoms with Gasteiger partial charge in [0.15, 0.2) is 0 Å². The first-order valence-electron chi connectivity index (χ1n) is 6.46. The van der Waals surface area contributed by atoms with Gasteiger partial charge in [0.2, 0.25) is 0 Å². The average molecular weight is 292 g/mol. The summed E-state index contributed by atoms with van der Waals surface area (Å²) in [6.07, 6.45) is 0.141. The number of aliphatic carboxylic acids is 1. The van der Waals surface area contributed by atoms with Gasteiger partial charge in [-0.1, -0.05) is 24.3 Å². The third-order valence-electron chi connectivity index (χ3n) is 2.83. The van der Waals surface area contributed by atoms with E-state index in [2.05, 4.69) is 11.9 Å². The number of carbonyl (C=O) groups excluding carboxylic acids is 1. The molecule has 6 heteroatoms. The molecule has 0 aliphatic heterocycles. The molecule has 0 spiro atoms. The van der Waals surface area contributed by atoms with Crippen LogP contribution in [0.2, 0.25) is 0 Å². The predicted molar refractivity (Wildman–Crippen MR) is 79.2 cm³/mol. The van der Waals surface area contributed by atoms with Crippen LogP contribution in [-0.2, 0) is 11.2 Å². The Kier molecular flexibility index (Phi) is 5.78. The highest BCUT2D eigenvalue weighted by molar-refractivity contribution is 5.82. The molecule has 1 rings (SSSR count). The fourth-order valence-electron chi connectivity index (χ4n) is 1.80. The Bertz CT molecular complexity index is 525. The van der Waals surface area contributed by atoms with Gasteiger partial charge in [0.05, 0.1) is 0 Å². The van der Waals surface area contributed by atoms with Crippen LogP contribution in [0.4, 0.5) is 4.79 Å². The standard InChI is InChI=1S/C15H20N2O4/c1-10(2)9-17(3)15(21)16-13(14(19)20)8-11-4-6-12(18)7-5-11/h4-7,13,18H,1,8-9H2,2-3H3,(H,16,21)(H,19,20). The lowest BCUT2D eigenvalue weighted by Crippen LogP contribution is -2.48. The maximum Gasteiger partial charge on any atom is 0.326 e. The van der Waals surface area contributed by atoms with Crippen LogP contribution in [0.25, 0.3) is 0 Å². The third-order valence-corrected chi connectivity index (χ3v) is 2.83. The van der Waals surface area contributed by atoms with E-state index in [-0.39, 0.29) is 12.2 Å². The molecule has 6 nitrogen and oxygen atoms in total. The van der Waals surface area contributed by atoms with Gasteiger partial charge >= 0.3 is 12.0 Å². The van der Waals surface area contributed by atoms with Crippen LogP contribution in [0, 0.1) is 0 Å². The molecule has 0 saturated carbocycles. The second kappa shape index (κ2) is 7.33. The van der Waals surface area contributed by atoms with Gasteiger partial charge in [-0.15, -0.1) is 0 Å². The second-order valence-corrected chi connectivity index (χ2v) is 5.02. The molecule has 21 heavy (non-hydrogen) atoms. The number of hydrogen-bond acceptors (Lipinski definition) is 3. The monoisotopic (exact) mass is 292 g/mol. The summed E-state index contributed by atoms with van der Waals surface area (Å²) in [5.74, 6) is -1.00. The van der Waals surface area contributed by atoms with Gasteiger partial charge in [-0.2, -0.15) is 0 Å². The summed E-state index contributed by atoms with van der Waals surface area (Å²) in [7, 11) is 1.57. The van der Waals surface area contributed by atoms with Crippen molar-refractivity contribution < 1.29 is 19.8 Å². The minimum Gasteiger partial charge on any atom is -0.508 e. The fourth-order valence-corrected chi connectivity index (χ4v) is 1.80. The molecule has 0 aromatic heterocycles. The normalized spacial score (nSPS) is 11.5. The van der Waals surface area contributed by atoms with E-state index >= 15 is 0 Å². The first-order valence-corrected chi connectivity index (χ1v) is 6.46. The maximum atomic E-state index is 11.9. The van der Waals surface area contributed by atoms with Crippen molar-refractivity contribution in [2.75, 3.05) is 13.6 Å². The molecule has 1 aromatic carbocycles. The van der Waals surface area contributed by atoms with Gasteiger partial charge in [-0.05, 0) is 24.6 Å². The number of urea groups is 1. The summed E-state index contributed by atoms with van der Waals surface area (Å²) in [6, 6.07) is 4.69. The highest BCUT2D eigenvalue weighted by Gasteiger charge is 2.22. The number of carboxylic acid groups (broad SMARTS) is 1. The number of benzene rings is 1. The zero-order valence-electron chi connectivity index (χ0n) is 12.2. The van der Waals surface area contributed by atoms with Crippen LogP contribution < -0.4 is 5.32 Å². The summed E-state index contributed by atoms with van der Waals surface area (Å²) in [4.78, 5) is 24.5. The van der Waals surface area contributed by atoms with E-state index in [4.69, 9.17) is 0 Å². The summed E-state index contributed by atoms with van der Waals surface area (Å²) in [6.45, 7) is 5.85. The molecule has 1 unspecified atom stereocenters. The highest BCUT2D eigenvalue weighted by atomic mass is 16.4. The van der Waals surface area contributed by atoms with Crippen molar-refractivity contribution in [3.63, 3.8) is 0 Å². The van der Waals surface area contributed by atoms with Crippen LogP contribution >= 0.6 is 0 Å². The molecule has 1 aromatic rings. The number of rotatable bonds is 6. The Labute approximate surface area is 123 Å². The minimum atomic E-state index is -1.11. The van der Waals surface area contributed by atoms with Crippen molar-refractivity contribution in [2.24, 2.45) is 0 Å². The molecular weight excluding hydrogens is 272 g/mol. The van der Waals surface area contributed by atoms with Gasteiger partial charge in [-0.25, -0.2) is 9.59 Å². The molecule has 0 heterocycles. The zero-order chi connectivity index (χ0) is 16.0. The van der Waals surface area contributed by atoms with Gasteiger partial charge in [0.25, 0.3) is 0 Å². The molecule has 0 saturated heterocycles. The fraction of sp³-hybridized carbons (Fsp3) is 0.333. The van der Waals surface area contributed by atoms with Crippen molar-refractivity contribution in [1.29, 1.82) is 0 Å². The van der Waals surface area contributed by atoms with Crippen LogP contribution in [0.3, 0.4) is 0 Å². The van der Waals surface area contributed by atoms with Gasteiger partial charge in [0.1, 0.15) is 11.8 Å². The third kappa shape index (κ3) is 5.56. The number of nitrogens with one attached hydrogen (secondary N) is 1. The predicted octanol–water partition coefficient (Wildman–Crippen LogP) is 1.61. The van der Waals surface area contributed by atoms with E-state index in [1.807, 2.05) is 0 Å². The second-order valence-electron chi connectivity index (χ2n) is 5.02. The van der Waals surface area contributed by atoms with Crippen LogP contribution in [0.15, 0.2) is 36.4 Å². The number of carboxylic acids is 1. The lowest BCUT2D eigenvalue weighted by atomic mass is 10.1. The highest BCUT2D eigenvalue weighted by Crippen LogP contribution is 2.11. The molecular formula is C15H20N2O4. The van der Waals surface area contributed by atoms with E-state index in [1.165, 1.54) is 17.0 Å². The number of nitrogens with zero attached hydrogens (tertiary/aromatic N) is 1. The number of phenolic OH excluding ortho intramolecular Hbond substituents is 1. The van der Waals surface area contributed by atoms with Crippen molar-refractivity contribution >= 4 is 12.0 Å². The van der Waals surface area contributed by atoms with Crippen molar-refractivity contribution in [1.82, 2.24) is 10.2 Å². The van der Waals surface area contributed by atoms with Crippen LogP contribution in [-0.4, -0.2) is 46.7 Å². The van der Waals surface area contributed by atoms with Crippen LogP contribution in [0.5, 0.6) is 5.75 Å². The van der Waals surface area contributed by atoms with Crippen molar-refractivity contribution in [3.8, 4) is 5.75 Å². The minimum absolute atomic E-state index is 0.107.